The quantitative estimate of drug-likeness (QED) is 0.760. The molecule has 1 saturated carbocycles. The average molecular weight is 329 g/mol. The summed E-state index contributed by atoms with van der Waals surface area (Å²) in [6, 6.07) is 6.02. The zero-order chi connectivity index (χ0) is 16.9. The van der Waals surface area contributed by atoms with Crippen LogP contribution in [-0.2, 0) is 0 Å². The molecule has 0 atom stereocenters. The molecule has 1 aliphatic rings. The molecular formula is C20H27NO3. The van der Waals surface area contributed by atoms with Crippen molar-refractivity contribution in [2.45, 2.75) is 64.8 Å². The first kappa shape index (κ1) is 16.9. The molecule has 0 saturated heterocycles. The Morgan fingerprint density at radius 3 is 2.83 bits per heavy atom. The van der Waals surface area contributed by atoms with Crippen molar-refractivity contribution in [3.05, 3.63) is 29.5 Å². The molecule has 2 aromatic rings. The standard InChI is InChI=1S/C20H27NO3/c1-3-4-12-23-16-10-11-18-17(13-16)19(14(2)24-18)20(22)21-15-8-6-5-7-9-15/h10-11,13,15H,3-9,12H2,1-2H3,(H,21,22). The van der Waals surface area contributed by atoms with E-state index in [0.29, 0.717) is 24.0 Å². The van der Waals surface area contributed by atoms with Crippen LogP contribution in [-0.4, -0.2) is 18.6 Å². The van der Waals surface area contributed by atoms with Gasteiger partial charge in [0.1, 0.15) is 17.1 Å². The van der Waals surface area contributed by atoms with E-state index >= 15 is 0 Å². The third-order valence-corrected chi connectivity index (χ3v) is 4.77. The van der Waals surface area contributed by atoms with Gasteiger partial charge in [0.05, 0.1) is 12.2 Å². The Kier molecular flexibility index (Phi) is 5.44. The smallest absolute Gasteiger partial charge is 0.255 e. The van der Waals surface area contributed by atoms with Gasteiger partial charge in [-0.1, -0.05) is 32.6 Å². The third-order valence-electron chi connectivity index (χ3n) is 4.77. The van der Waals surface area contributed by atoms with Gasteiger partial charge in [0.2, 0.25) is 0 Å². The third kappa shape index (κ3) is 3.74. The van der Waals surface area contributed by atoms with Crippen LogP contribution < -0.4 is 10.1 Å². The molecule has 1 fully saturated rings. The van der Waals surface area contributed by atoms with E-state index in [1.807, 2.05) is 25.1 Å². The van der Waals surface area contributed by atoms with E-state index in [1.54, 1.807) is 0 Å². The molecule has 4 heteroatoms. The molecular weight excluding hydrogens is 302 g/mol. The number of nitrogens with one attached hydrogen (secondary N) is 1. The lowest BCUT2D eigenvalue weighted by molar-refractivity contribution is 0.0927. The van der Waals surface area contributed by atoms with Crippen LogP contribution >= 0.6 is 0 Å². The molecule has 24 heavy (non-hydrogen) atoms. The highest BCUT2D eigenvalue weighted by atomic mass is 16.5. The number of rotatable bonds is 6. The Labute approximate surface area is 143 Å². The van der Waals surface area contributed by atoms with Crippen molar-refractivity contribution in [2.75, 3.05) is 6.61 Å². The number of hydrogen-bond acceptors (Lipinski definition) is 3. The minimum atomic E-state index is -0.0242. The fourth-order valence-electron chi connectivity index (χ4n) is 3.41. The maximum Gasteiger partial charge on any atom is 0.255 e. The van der Waals surface area contributed by atoms with E-state index in [2.05, 4.69) is 12.2 Å². The summed E-state index contributed by atoms with van der Waals surface area (Å²) in [5, 5.41) is 4.03. The lowest BCUT2D eigenvalue weighted by atomic mass is 9.95. The Morgan fingerprint density at radius 2 is 2.08 bits per heavy atom. The van der Waals surface area contributed by atoms with Crippen molar-refractivity contribution >= 4 is 16.9 Å². The van der Waals surface area contributed by atoms with Gasteiger partial charge in [0.15, 0.2) is 0 Å². The number of fused-ring (bicyclic) bond motifs is 1. The second kappa shape index (κ2) is 7.73. The number of carbonyl (C=O) groups is 1. The predicted octanol–water partition coefficient (Wildman–Crippen LogP) is 4.98. The predicted molar refractivity (Wildman–Crippen MR) is 95.7 cm³/mol. The van der Waals surface area contributed by atoms with Crippen LogP contribution in [0, 0.1) is 6.92 Å². The maximum absolute atomic E-state index is 12.8. The Bertz CT molecular complexity index is 698. The van der Waals surface area contributed by atoms with Crippen LogP contribution in [0.4, 0.5) is 0 Å². The second-order valence-electron chi connectivity index (χ2n) is 6.70. The van der Waals surface area contributed by atoms with Crippen molar-refractivity contribution < 1.29 is 13.9 Å². The maximum atomic E-state index is 12.8. The van der Waals surface area contributed by atoms with Crippen molar-refractivity contribution in [3.8, 4) is 5.75 Å². The molecule has 0 bridgehead atoms. The fraction of sp³-hybridized carbons (Fsp3) is 0.550. The monoisotopic (exact) mass is 329 g/mol. The number of aryl methyl sites for hydroxylation is 1. The van der Waals surface area contributed by atoms with Crippen molar-refractivity contribution in [1.82, 2.24) is 5.32 Å². The topological polar surface area (TPSA) is 51.5 Å². The van der Waals surface area contributed by atoms with Crippen LogP contribution in [0.2, 0.25) is 0 Å². The zero-order valence-corrected chi connectivity index (χ0v) is 14.7. The normalized spacial score (nSPS) is 15.6. The van der Waals surface area contributed by atoms with Crippen molar-refractivity contribution in [3.63, 3.8) is 0 Å². The first-order chi connectivity index (χ1) is 11.7. The minimum Gasteiger partial charge on any atom is -0.494 e. The number of amides is 1. The number of carbonyl (C=O) groups excluding carboxylic acids is 1. The number of unbranched alkanes of at least 4 members (excludes halogenated alkanes) is 1. The van der Waals surface area contributed by atoms with E-state index in [9.17, 15) is 4.79 Å². The number of hydrogen-bond donors (Lipinski definition) is 1. The summed E-state index contributed by atoms with van der Waals surface area (Å²) in [7, 11) is 0. The molecule has 1 heterocycles. The molecule has 1 N–H and O–H groups in total. The first-order valence-electron chi connectivity index (χ1n) is 9.16. The highest BCUT2D eigenvalue weighted by Crippen LogP contribution is 2.29. The van der Waals surface area contributed by atoms with E-state index in [4.69, 9.17) is 9.15 Å². The van der Waals surface area contributed by atoms with Crippen LogP contribution in [0.15, 0.2) is 22.6 Å². The Balaban J connectivity index is 1.81. The van der Waals surface area contributed by atoms with Gasteiger partial charge < -0.3 is 14.5 Å². The van der Waals surface area contributed by atoms with Gasteiger partial charge in [-0.05, 0) is 44.4 Å². The molecule has 1 amide bonds. The van der Waals surface area contributed by atoms with Gasteiger partial charge in [-0.15, -0.1) is 0 Å². The molecule has 1 aromatic heterocycles. The molecule has 0 aliphatic heterocycles. The van der Waals surface area contributed by atoms with Gasteiger partial charge in [0, 0.05) is 11.4 Å². The van der Waals surface area contributed by atoms with Gasteiger partial charge in [-0.2, -0.15) is 0 Å². The Hall–Kier alpha value is -1.97. The van der Waals surface area contributed by atoms with Crippen LogP contribution in [0.1, 0.15) is 68.0 Å². The van der Waals surface area contributed by atoms with E-state index < -0.39 is 0 Å². The van der Waals surface area contributed by atoms with E-state index in [0.717, 1.165) is 42.4 Å². The highest BCUT2D eigenvalue weighted by Gasteiger charge is 2.22. The average Bonchev–Trinajstić information content (AvgIpc) is 2.91. The number of benzene rings is 1. The number of ether oxygens (including phenoxy) is 1. The second-order valence-corrected chi connectivity index (χ2v) is 6.70. The first-order valence-corrected chi connectivity index (χ1v) is 9.16. The van der Waals surface area contributed by atoms with Gasteiger partial charge in [-0.25, -0.2) is 0 Å². The summed E-state index contributed by atoms with van der Waals surface area (Å²) < 4.78 is 11.5. The molecule has 4 nitrogen and oxygen atoms in total. The van der Waals surface area contributed by atoms with Gasteiger partial charge in [0.25, 0.3) is 5.91 Å². The van der Waals surface area contributed by atoms with Crippen molar-refractivity contribution in [1.29, 1.82) is 0 Å². The van der Waals surface area contributed by atoms with Gasteiger partial charge >= 0.3 is 0 Å². The molecule has 0 radical (unpaired) electrons. The van der Waals surface area contributed by atoms with Crippen LogP contribution in [0.3, 0.4) is 0 Å². The molecule has 130 valence electrons. The lowest BCUT2D eigenvalue weighted by Crippen LogP contribution is -2.36. The van der Waals surface area contributed by atoms with Crippen molar-refractivity contribution in [2.24, 2.45) is 0 Å². The Morgan fingerprint density at radius 1 is 1.29 bits per heavy atom. The molecule has 0 unspecified atom stereocenters. The molecule has 1 aliphatic carbocycles. The number of furan rings is 1. The fourth-order valence-corrected chi connectivity index (χ4v) is 3.41. The molecule has 3 rings (SSSR count). The van der Waals surface area contributed by atoms with Gasteiger partial charge in [-0.3, -0.25) is 4.79 Å². The summed E-state index contributed by atoms with van der Waals surface area (Å²) in [6.07, 6.45) is 7.95. The zero-order valence-electron chi connectivity index (χ0n) is 14.7. The molecule has 0 spiro atoms. The summed E-state index contributed by atoms with van der Waals surface area (Å²) in [6.45, 7) is 4.69. The summed E-state index contributed by atoms with van der Waals surface area (Å²) in [4.78, 5) is 12.8. The SMILES string of the molecule is CCCCOc1ccc2oc(C)c(C(=O)NC3CCCCC3)c2c1. The summed E-state index contributed by atoms with van der Waals surface area (Å²) >= 11 is 0. The van der Waals surface area contributed by atoms with Crippen LogP contribution in [0.5, 0.6) is 5.75 Å². The van der Waals surface area contributed by atoms with E-state index in [1.165, 1.54) is 19.3 Å². The highest BCUT2D eigenvalue weighted by molar-refractivity contribution is 6.07. The largest absolute Gasteiger partial charge is 0.494 e. The van der Waals surface area contributed by atoms with Crippen LogP contribution in [0.25, 0.3) is 11.0 Å². The lowest BCUT2D eigenvalue weighted by Gasteiger charge is -2.22. The van der Waals surface area contributed by atoms with E-state index in [-0.39, 0.29) is 5.91 Å². The summed E-state index contributed by atoms with van der Waals surface area (Å²) in [5.74, 6) is 1.44. The molecule has 1 aromatic carbocycles. The minimum absolute atomic E-state index is 0.0242. The summed E-state index contributed by atoms with van der Waals surface area (Å²) in [5.41, 5.74) is 1.39.